The Kier molecular flexibility index (Phi) is 6.07. The third kappa shape index (κ3) is 4.36. The van der Waals surface area contributed by atoms with Crippen LogP contribution in [0.4, 0.5) is 0 Å². The molecule has 154 valence electrons. The summed E-state index contributed by atoms with van der Waals surface area (Å²) >= 11 is 1.26. The monoisotopic (exact) mass is 425 g/mol. The summed E-state index contributed by atoms with van der Waals surface area (Å²) in [5.41, 5.74) is 0.963. The van der Waals surface area contributed by atoms with E-state index >= 15 is 0 Å². The lowest BCUT2D eigenvalue weighted by Crippen LogP contribution is -2.45. The van der Waals surface area contributed by atoms with E-state index in [-0.39, 0.29) is 16.1 Å². The van der Waals surface area contributed by atoms with E-state index in [4.69, 9.17) is 4.42 Å². The number of rotatable bonds is 5. The van der Waals surface area contributed by atoms with Crippen LogP contribution in [-0.4, -0.2) is 60.9 Å². The van der Waals surface area contributed by atoms with Gasteiger partial charge in [-0.15, -0.1) is 0 Å². The predicted molar refractivity (Wildman–Crippen MR) is 110 cm³/mol. The van der Waals surface area contributed by atoms with Crippen LogP contribution in [-0.2, 0) is 14.8 Å². The minimum atomic E-state index is -3.54. The van der Waals surface area contributed by atoms with Gasteiger partial charge in [0.15, 0.2) is 5.58 Å². The van der Waals surface area contributed by atoms with Gasteiger partial charge in [-0.1, -0.05) is 25.6 Å². The average molecular weight is 426 g/mol. The molecule has 0 aliphatic carbocycles. The molecule has 2 aromatic rings. The van der Waals surface area contributed by atoms with Crippen molar-refractivity contribution in [3.63, 3.8) is 0 Å². The standard InChI is InChI=1S/C19H27N3O4S2/c1-12-8-13(2)11-22(10-12)18(23)14(3)27-19-20-16-9-15(6-7-17(16)26-19)28(24,25)21(4)5/h6-7,9,12-14H,8,10-11H2,1-5H3. The predicted octanol–water partition coefficient (Wildman–Crippen LogP) is 3.06. The fourth-order valence-electron chi connectivity index (χ4n) is 3.61. The third-order valence-electron chi connectivity index (χ3n) is 4.92. The van der Waals surface area contributed by atoms with Crippen LogP contribution in [0.5, 0.6) is 0 Å². The highest BCUT2D eigenvalue weighted by Gasteiger charge is 2.29. The molecular weight excluding hydrogens is 398 g/mol. The van der Waals surface area contributed by atoms with Crippen molar-refractivity contribution in [2.45, 2.75) is 42.6 Å². The number of likely N-dealkylation sites (tertiary alicyclic amines) is 1. The molecule has 0 N–H and O–H groups in total. The maximum atomic E-state index is 12.8. The second-order valence-corrected chi connectivity index (χ2v) is 11.3. The van der Waals surface area contributed by atoms with Gasteiger partial charge in [0.25, 0.3) is 5.22 Å². The Bertz CT molecular complexity index is 961. The normalized spacial score (nSPS) is 22.0. The van der Waals surface area contributed by atoms with E-state index in [9.17, 15) is 13.2 Å². The fraction of sp³-hybridized carbons (Fsp3) is 0.579. The van der Waals surface area contributed by atoms with E-state index in [1.807, 2.05) is 11.8 Å². The van der Waals surface area contributed by atoms with Crippen molar-refractivity contribution in [1.82, 2.24) is 14.2 Å². The first-order chi connectivity index (χ1) is 13.1. The highest BCUT2D eigenvalue weighted by Crippen LogP contribution is 2.30. The molecule has 1 aromatic carbocycles. The molecule has 1 aliphatic heterocycles. The van der Waals surface area contributed by atoms with E-state index < -0.39 is 10.0 Å². The minimum Gasteiger partial charge on any atom is -0.431 e. The van der Waals surface area contributed by atoms with Gasteiger partial charge < -0.3 is 9.32 Å². The van der Waals surface area contributed by atoms with Gasteiger partial charge in [0, 0.05) is 27.2 Å². The number of thioether (sulfide) groups is 1. The Labute approximate surface area is 170 Å². The summed E-state index contributed by atoms with van der Waals surface area (Å²) in [5.74, 6) is 1.10. The molecule has 7 nitrogen and oxygen atoms in total. The van der Waals surface area contributed by atoms with E-state index in [0.717, 1.165) is 23.8 Å². The van der Waals surface area contributed by atoms with Crippen LogP contribution in [0, 0.1) is 11.8 Å². The van der Waals surface area contributed by atoms with Gasteiger partial charge in [0.05, 0.1) is 10.1 Å². The van der Waals surface area contributed by atoms with Gasteiger partial charge in [0.1, 0.15) is 5.52 Å². The van der Waals surface area contributed by atoms with Crippen molar-refractivity contribution in [3.05, 3.63) is 18.2 Å². The molecule has 0 saturated carbocycles. The molecular formula is C19H27N3O4S2. The van der Waals surface area contributed by atoms with Crippen molar-refractivity contribution in [1.29, 1.82) is 0 Å². The summed E-state index contributed by atoms with van der Waals surface area (Å²) in [5, 5.41) is 0.0453. The van der Waals surface area contributed by atoms with Crippen LogP contribution >= 0.6 is 11.8 Å². The SMILES string of the molecule is CC1CC(C)CN(C(=O)C(C)Sc2nc3cc(S(=O)(=O)N(C)C)ccc3o2)C1. The number of hydrogen-bond donors (Lipinski definition) is 0. The number of hydrogen-bond acceptors (Lipinski definition) is 6. The first-order valence-electron chi connectivity index (χ1n) is 9.36. The third-order valence-corrected chi connectivity index (χ3v) is 7.67. The first-order valence-corrected chi connectivity index (χ1v) is 11.7. The lowest BCUT2D eigenvalue weighted by Gasteiger charge is -2.36. The molecule has 28 heavy (non-hydrogen) atoms. The van der Waals surface area contributed by atoms with E-state index in [1.54, 1.807) is 6.07 Å². The largest absolute Gasteiger partial charge is 0.431 e. The number of carbonyl (C=O) groups excluding carboxylic acids is 1. The van der Waals surface area contributed by atoms with Gasteiger partial charge in [-0.3, -0.25) is 4.79 Å². The van der Waals surface area contributed by atoms with E-state index in [2.05, 4.69) is 18.8 Å². The number of carbonyl (C=O) groups is 1. The molecule has 0 spiro atoms. The maximum absolute atomic E-state index is 12.8. The zero-order valence-electron chi connectivity index (χ0n) is 16.9. The molecule has 3 rings (SSSR count). The number of amides is 1. The Morgan fingerprint density at radius 2 is 1.93 bits per heavy atom. The quantitative estimate of drug-likeness (QED) is 0.685. The summed E-state index contributed by atoms with van der Waals surface area (Å²) in [6, 6.07) is 4.60. The van der Waals surface area contributed by atoms with Crippen LogP contribution in [0.3, 0.4) is 0 Å². The smallest absolute Gasteiger partial charge is 0.257 e. The number of oxazole rings is 1. The molecule has 1 fully saturated rings. The lowest BCUT2D eigenvalue weighted by molar-refractivity contribution is -0.132. The molecule has 0 bridgehead atoms. The lowest BCUT2D eigenvalue weighted by atomic mass is 9.92. The van der Waals surface area contributed by atoms with Crippen molar-refractivity contribution in [3.8, 4) is 0 Å². The van der Waals surface area contributed by atoms with Crippen LogP contribution in [0.2, 0.25) is 0 Å². The van der Waals surface area contributed by atoms with Gasteiger partial charge >= 0.3 is 0 Å². The van der Waals surface area contributed by atoms with Gasteiger partial charge in [-0.2, -0.15) is 0 Å². The Morgan fingerprint density at radius 1 is 1.29 bits per heavy atom. The maximum Gasteiger partial charge on any atom is 0.257 e. The topological polar surface area (TPSA) is 83.7 Å². The number of aromatic nitrogens is 1. The Balaban J connectivity index is 1.76. The molecule has 2 heterocycles. The molecule has 3 atom stereocenters. The number of sulfonamides is 1. The Hall–Kier alpha value is -1.58. The molecule has 1 amide bonds. The van der Waals surface area contributed by atoms with Crippen molar-refractivity contribution in [2.75, 3.05) is 27.2 Å². The molecule has 1 aliphatic rings. The van der Waals surface area contributed by atoms with Gasteiger partial charge in [-0.05, 0) is 43.4 Å². The number of fused-ring (bicyclic) bond motifs is 1. The second-order valence-electron chi connectivity index (χ2n) is 7.85. The average Bonchev–Trinajstić information content (AvgIpc) is 3.01. The highest BCUT2D eigenvalue weighted by atomic mass is 32.2. The van der Waals surface area contributed by atoms with Crippen LogP contribution in [0.25, 0.3) is 11.1 Å². The van der Waals surface area contributed by atoms with Crippen molar-refractivity contribution >= 4 is 38.8 Å². The molecule has 0 radical (unpaired) electrons. The Morgan fingerprint density at radius 3 is 2.54 bits per heavy atom. The zero-order valence-corrected chi connectivity index (χ0v) is 18.5. The first kappa shape index (κ1) is 21.1. The summed E-state index contributed by atoms with van der Waals surface area (Å²) in [4.78, 5) is 19.3. The van der Waals surface area contributed by atoms with Gasteiger partial charge in [0.2, 0.25) is 15.9 Å². The van der Waals surface area contributed by atoms with E-state index in [1.165, 1.54) is 38.0 Å². The number of nitrogens with zero attached hydrogens (tertiary/aromatic N) is 3. The molecule has 1 aromatic heterocycles. The van der Waals surface area contributed by atoms with Crippen LogP contribution in [0.15, 0.2) is 32.7 Å². The second kappa shape index (κ2) is 8.04. The number of benzene rings is 1. The summed E-state index contributed by atoms with van der Waals surface area (Å²) in [6.07, 6.45) is 1.15. The molecule has 1 saturated heterocycles. The van der Waals surface area contributed by atoms with Crippen LogP contribution in [0.1, 0.15) is 27.2 Å². The summed E-state index contributed by atoms with van der Waals surface area (Å²) in [7, 11) is -0.566. The van der Waals surface area contributed by atoms with Crippen molar-refractivity contribution < 1.29 is 17.6 Å². The van der Waals surface area contributed by atoms with E-state index in [0.29, 0.717) is 28.2 Å². The zero-order chi connectivity index (χ0) is 20.6. The van der Waals surface area contributed by atoms with Gasteiger partial charge in [-0.25, -0.2) is 17.7 Å². The highest BCUT2D eigenvalue weighted by molar-refractivity contribution is 8.00. The molecule has 9 heteroatoms. The van der Waals surface area contributed by atoms with Crippen LogP contribution < -0.4 is 0 Å². The molecule has 3 unspecified atom stereocenters. The fourth-order valence-corrected chi connectivity index (χ4v) is 5.37. The summed E-state index contributed by atoms with van der Waals surface area (Å²) < 4.78 is 31.5. The van der Waals surface area contributed by atoms with Crippen molar-refractivity contribution in [2.24, 2.45) is 11.8 Å². The number of piperidine rings is 1. The minimum absolute atomic E-state index is 0.0848. The summed E-state index contributed by atoms with van der Waals surface area (Å²) in [6.45, 7) is 7.77.